The van der Waals surface area contributed by atoms with Crippen LogP contribution < -0.4 is 5.73 Å². The highest BCUT2D eigenvalue weighted by atomic mass is 16.5. The molecule has 0 aromatic heterocycles. The maximum atomic E-state index is 10.9. The molecule has 0 aliphatic rings. The lowest BCUT2D eigenvalue weighted by molar-refractivity contribution is 0.141. The molecule has 0 saturated heterocycles. The summed E-state index contributed by atoms with van der Waals surface area (Å²) in [6, 6.07) is -0.409. The highest BCUT2D eigenvalue weighted by Gasteiger charge is 2.07. The molecule has 0 spiro atoms. The summed E-state index contributed by atoms with van der Waals surface area (Å²) >= 11 is 0. The van der Waals surface area contributed by atoms with Crippen molar-refractivity contribution in [1.82, 2.24) is 4.90 Å². The van der Waals surface area contributed by atoms with E-state index >= 15 is 0 Å². The third-order valence-electron chi connectivity index (χ3n) is 1.65. The number of nitrogens with two attached hydrogens (primary N) is 1. The number of methoxy groups -OCH3 is 2. The third kappa shape index (κ3) is 6.36. The van der Waals surface area contributed by atoms with Gasteiger partial charge in [0.05, 0.1) is 6.61 Å². The van der Waals surface area contributed by atoms with Gasteiger partial charge in [0.25, 0.3) is 0 Å². The molecule has 0 aromatic carbocycles. The molecule has 0 rings (SSSR count). The first-order valence-corrected chi connectivity index (χ1v) is 4.24. The van der Waals surface area contributed by atoms with Crippen molar-refractivity contribution in [3.05, 3.63) is 0 Å². The summed E-state index contributed by atoms with van der Waals surface area (Å²) < 4.78 is 9.71. The summed E-state index contributed by atoms with van der Waals surface area (Å²) in [5.41, 5.74) is 5.15. The van der Waals surface area contributed by atoms with Crippen LogP contribution in [-0.2, 0) is 9.47 Å². The number of carbonyl (C=O) groups excluding carboxylic acids is 1. The smallest absolute Gasteiger partial charge is 0.314 e. The minimum atomic E-state index is -0.409. The molecule has 5 heteroatoms. The second-order valence-corrected chi connectivity index (χ2v) is 2.66. The van der Waals surface area contributed by atoms with Crippen LogP contribution in [0.3, 0.4) is 0 Å². The number of hydrogen-bond donors (Lipinski definition) is 1. The Hall–Kier alpha value is -0.810. The normalized spacial score (nSPS) is 10.0. The fourth-order valence-corrected chi connectivity index (χ4v) is 0.933. The van der Waals surface area contributed by atoms with Crippen LogP contribution in [0.1, 0.15) is 6.42 Å². The summed E-state index contributed by atoms with van der Waals surface area (Å²) in [5.74, 6) is 0. The van der Waals surface area contributed by atoms with Gasteiger partial charge in [0.2, 0.25) is 0 Å². The summed E-state index contributed by atoms with van der Waals surface area (Å²) in [6.07, 6.45) is 0.795. The average Bonchev–Trinajstić information content (AvgIpc) is 2.10. The van der Waals surface area contributed by atoms with Crippen LogP contribution in [-0.4, -0.2) is 51.5 Å². The van der Waals surface area contributed by atoms with Crippen molar-refractivity contribution in [2.24, 2.45) is 5.73 Å². The molecule has 0 radical (unpaired) electrons. The summed E-state index contributed by atoms with van der Waals surface area (Å²) in [5, 5.41) is 0. The minimum Gasteiger partial charge on any atom is -0.385 e. The Morgan fingerprint density at radius 2 is 1.85 bits per heavy atom. The van der Waals surface area contributed by atoms with E-state index in [0.29, 0.717) is 26.3 Å². The van der Waals surface area contributed by atoms with Crippen LogP contribution in [0.25, 0.3) is 0 Å². The van der Waals surface area contributed by atoms with Gasteiger partial charge in [0.15, 0.2) is 0 Å². The van der Waals surface area contributed by atoms with E-state index in [0.717, 1.165) is 6.42 Å². The molecular formula is C8H18N2O3. The Kier molecular flexibility index (Phi) is 7.33. The first kappa shape index (κ1) is 12.2. The molecule has 5 nitrogen and oxygen atoms in total. The number of ether oxygens (including phenoxy) is 2. The number of rotatable bonds is 7. The molecule has 0 aliphatic heterocycles. The maximum Gasteiger partial charge on any atom is 0.314 e. The highest BCUT2D eigenvalue weighted by molar-refractivity contribution is 5.71. The fraction of sp³-hybridized carbons (Fsp3) is 0.875. The van der Waals surface area contributed by atoms with Gasteiger partial charge in [-0.05, 0) is 6.42 Å². The van der Waals surface area contributed by atoms with Crippen LogP contribution in [0, 0.1) is 0 Å². The van der Waals surface area contributed by atoms with Crippen LogP contribution >= 0.6 is 0 Å². The average molecular weight is 190 g/mol. The number of urea groups is 1. The van der Waals surface area contributed by atoms with Gasteiger partial charge < -0.3 is 20.1 Å². The van der Waals surface area contributed by atoms with Crippen molar-refractivity contribution in [1.29, 1.82) is 0 Å². The Labute approximate surface area is 78.8 Å². The highest BCUT2D eigenvalue weighted by Crippen LogP contribution is 1.91. The lowest BCUT2D eigenvalue weighted by Crippen LogP contribution is -2.39. The van der Waals surface area contributed by atoms with E-state index in [-0.39, 0.29) is 0 Å². The van der Waals surface area contributed by atoms with Crippen molar-refractivity contribution >= 4 is 6.03 Å². The number of hydrogen-bond acceptors (Lipinski definition) is 3. The predicted octanol–water partition coefficient (Wildman–Crippen LogP) is 0.0500. The Morgan fingerprint density at radius 3 is 2.31 bits per heavy atom. The number of carbonyl (C=O) groups is 1. The molecule has 0 saturated carbocycles. The minimum absolute atomic E-state index is 0.409. The van der Waals surface area contributed by atoms with E-state index in [1.807, 2.05) is 0 Å². The molecule has 13 heavy (non-hydrogen) atoms. The topological polar surface area (TPSA) is 64.8 Å². The fourth-order valence-electron chi connectivity index (χ4n) is 0.933. The van der Waals surface area contributed by atoms with Crippen molar-refractivity contribution in [3.63, 3.8) is 0 Å². The molecule has 78 valence electrons. The SMILES string of the molecule is COCCCN(CCOC)C(N)=O. The van der Waals surface area contributed by atoms with Crippen molar-refractivity contribution < 1.29 is 14.3 Å². The standard InChI is InChI=1S/C8H18N2O3/c1-12-6-3-4-10(8(9)11)5-7-13-2/h3-7H2,1-2H3,(H2,9,11). The van der Waals surface area contributed by atoms with E-state index in [2.05, 4.69) is 0 Å². The Bertz CT molecular complexity index is 141. The van der Waals surface area contributed by atoms with Crippen molar-refractivity contribution in [2.75, 3.05) is 40.5 Å². The van der Waals surface area contributed by atoms with E-state index in [1.165, 1.54) is 0 Å². The maximum absolute atomic E-state index is 10.9. The summed E-state index contributed by atoms with van der Waals surface area (Å²) in [4.78, 5) is 12.4. The van der Waals surface area contributed by atoms with Gasteiger partial charge in [0.1, 0.15) is 0 Å². The summed E-state index contributed by atoms with van der Waals surface area (Å²) in [6.45, 7) is 2.30. The molecule has 0 unspecified atom stereocenters. The van der Waals surface area contributed by atoms with Crippen LogP contribution in [0.2, 0.25) is 0 Å². The zero-order valence-electron chi connectivity index (χ0n) is 8.28. The Balaban J connectivity index is 3.61. The molecule has 0 heterocycles. The van der Waals surface area contributed by atoms with Gasteiger partial charge >= 0.3 is 6.03 Å². The molecule has 0 aromatic rings. The largest absolute Gasteiger partial charge is 0.385 e. The van der Waals surface area contributed by atoms with E-state index in [1.54, 1.807) is 19.1 Å². The second kappa shape index (κ2) is 7.82. The quantitative estimate of drug-likeness (QED) is 0.577. The van der Waals surface area contributed by atoms with Crippen LogP contribution in [0.15, 0.2) is 0 Å². The molecule has 0 atom stereocenters. The van der Waals surface area contributed by atoms with Gasteiger partial charge in [-0.25, -0.2) is 4.79 Å². The molecule has 0 bridgehead atoms. The van der Waals surface area contributed by atoms with Crippen LogP contribution in [0.5, 0.6) is 0 Å². The first-order valence-electron chi connectivity index (χ1n) is 4.24. The van der Waals surface area contributed by atoms with Gasteiger partial charge in [-0.1, -0.05) is 0 Å². The van der Waals surface area contributed by atoms with Gasteiger partial charge in [-0.15, -0.1) is 0 Å². The van der Waals surface area contributed by atoms with Gasteiger partial charge in [0, 0.05) is 33.9 Å². The van der Waals surface area contributed by atoms with Crippen molar-refractivity contribution in [3.8, 4) is 0 Å². The zero-order valence-corrected chi connectivity index (χ0v) is 8.28. The van der Waals surface area contributed by atoms with Crippen LogP contribution in [0.4, 0.5) is 4.79 Å². The monoisotopic (exact) mass is 190 g/mol. The Morgan fingerprint density at radius 1 is 1.23 bits per heavy atom. The summed E-state index contributed by atoms with van der Waals surface area (Å²) in [7, 11) is 3.22. The first-order chi connectivity index (χ1) is 6.22. The van der Waals surface area contributed by atoms with E-state index in [4.69, 9.17) is 15.2 Å². The molecular weight excluding hydrogens is 172 g/mol. The molecule has 0 aliphatic carbocycles. The second-order valence-electron chi connectivity index (χ2n) is 2.66. The third-order valence-corrected chi connectivity index (χ3v) is 1.65. The number of nitrogens with zero attached hydrogens (tertiary/aromatic N) is 1. The lowest BCUT2D eigenvalue weighted by atomic mass is 10.4. The predicted molar refractivity (Wildman–Crippen MR) is 49.5 cm³/mol. The zero-order chi connectivity index (χ0) is 10.1. The molecule has 0 fully saturated rings. The van der Waals surface area contributed by atoms with Gasteiger partial charge in [-0.2, -0.15) is 0 Å². The lowest BCUT2D eigenvalue weighted by Gasteiger charge is -2.19. The van der Waals surface area contributed by atoms with E-state index in [9.17, 15) is 4.79 Å². The molecule has 2 N–H and O–H groups in total. The molecule has 2 amide bonds. The van der Waals surface area contributed by atoms with Crippen molar-refractivity contribution in [2.45, 2.75) is 6.42 Å². The van der Waals surface area contributed by atoms with Gasteiger partial charge in [-0.3, -0.25) is 0 Å². The number of amides is 2. The number of primary amides is 1. The van der Waals surface area contributed by atoms with E-state index < -0.39 is 6.03 Å².